The number of allylic oxidation sites excluding steroid dienone is 2. The van der Waals surface area contributed by atoms with E-state index in [-0.39, 0.29) is 39.8 Å². The van der Waals surface area contributed by atoms with Gasteiger partial charge in [0.15, 0.2) is 31.5 Å². The molecule has 4 aliphatic carbocycles. The molecule has 2 unspecified atom stereocenters. The standard InChI is InChI=1S/C52H84O33S3/c1-20(53)22-11-15-52(7)24-9-10-28-49(3,4)29(13-14-50(28,5)23(24)12-16-51(22,52)6)78-47-41(32(57)27(18-74-47)84-87(66,67)68)82-48-42(81-43-33(58)30(55)25(54)17-73-43)34(59)38(21(2)76-48)79-45-36(61)40(37(62)46(83-45)85-88(69,70)71)80-44-35(60)39(72-8)31(56)26(77-44)19-75-86(63,64)65/h9,21-23,25-48,54-62H,10-19H2,1-8H3,(H,63,64,65)(H,66,67,68)(H,69,70,71)/t21-,22-,23?,25-,26-,27-,28?,29+,30+,31-,32+,33-,34+,35-,36-,37+,38-,39+,40-,41-,42-,43+,44+,45-,46-,47+,48+,50-,51-,52+/m1/s1. The van der Waals surface area contributed by atoms with E-state index in [9.17, 15) is 89.7 Å². The highest BCUT2D eigenvalue weighted by molar-refractivity contribution is 7.81. The first-order chi connectivity index (χ1) is 40.7. The first kappa shape index (κ1) is 70.5. The van der Waals surface area contributed by atoms with Crippen molar-refractivity contribution in [3.05, 3.63) is 11.6 Å². The third-order valence-electron chi connectivity index (χ3n) is 20.6. The Morgan fingerprint density at radius 1 is 0.580 bits per heavy atom. The molecule has 8 fully saturated rings. The van der Waals surface area contributed by atoms with Gasteiger partial charge in [-0.05, 0) is 92.3 Å². The molecule has 5 aliphatic heterocycles. The first-order valence-corrected chi connectivity index (χ1v) is 33.1. The fourth-order valence-electron chi connectivity index (χ4n) is 15.8. The molecule has 0 spiro atoms. The number of Topliss-reactive ketones (excluding diaryl/α,β-unsaturated/α-hetero) is 1. The maximum Gasteiger partial charge on any atom is 0.399 e. The predicted molar refractivity (Wildman–Crippen MR) is 287 cm³/mol. The molecule has 0 amide bonds. The van der Waals surface area contributed by atoms with E-state index in [0.29, 0.717) is 19.3 Å². The topological polar surface area (TPSA) is 491 Å². The van der Waals surface area contributed by atoms with Gasteiger partial charge in [0.1, 0.15) is 103 Å². The van der Waals surface area contributed by atoms with Crippen molar-refractivity contribution in [2.45, 2.75) is 241 Å². The lowest BCUT2D eigenvalue weighted by Crippen LogP contribution is -2.68. The summed E-state index contributed by atoms with van der Waals surface area (Å²) in [7, 11) is -15.1. The van der Waals surface area contributed by atoms with E-state index in [2.05, 4.69) is 49.1 Å². The van der Waals surface area contributed by atoms with Gasteiger partial charge in [-0.3, -0.25) is 18.5 Å². The number of ether oxygens (including phenoxy) is 11. The number of hydrogen-bond acceptors (Lipinski definition) is 30. The molecule has 12 N–H and O–H groups in total. The van der Waals surface area contributed by atoms with Crippen molar-refractivity contribution in [2.75, 3.05) is 26.9 Å². The molecule has 33 nitrogen and oxygen atoms in total. The molecule has 30 atom stereocenters. The minimum absolute atomic E-state index is 0.000944. The van der Waals surface area contributed by atoms with Crippen molar-refractivity contribution in [3.8, 4) is 0 Å². The molecule has 0 aromatic carbocycles. The van der Waals surface area contributed by atoms with Crippen molar-refractivity contribution in [1.29, 1.82) is 0 Å². The molecule has 9 aliphatic rings. The lowest BCUT2D eigenvalue weighted by molar-refractivity contribution is -0.409. The molecule has 0 radical (unpaired) electrons. The number of fused-ring (bicyclic) bond motifs is 5. The van der Waals surface area contributed by atoms with Crippen molar-refractivity contribution in [3.63, 3.8) is 0 Å². The number of methoxy groups -OCH3 is 1. The summed E-state index contributed by atoms with van der Waals surface area (Å²) in [6.07, 6.45) is -40.1. The zero-order chi connectivity index (χ0) is 64.9. The second kappa shape index (κ2) is 26.1. The molecule has 0 aromatic rings. The summed E-state index contributed by atoms with van der Waals surface area (Å²) in [4.78, 5) is 13.0. The Morgan fingerprint density at radius 2 is 1.17 bits per heavy atom. The van der Waals surface area contributed by atoms with Gasteiger partial charge in [-0.1, -0.05) is 46.3 Å². The number of carbonyl (C=O) groups is 1. The summed E-state index contributed by atoms with van der Waals surface area (Å²) in [5.41, 5.74) is 0.107. The van der Waals surface area contributed by atoms with Gasteiger partial charge in [0.2, 0.25) is 6.29 Å². The van der Waals surface area contributed by atoms with Crippen LogP contribution < -0.4 is 0 Å². The Morgan fingerprint density at radius 3 is 1.81 bits per heavy atom. The highest BCUT2D eigenvalue weighted by atomic mass is 32.3. The Labute approximate surface area is 508 Å². The SMILES string of the molecule is CO[C@@H]1[C@@H](O)[C@H](O[C@H]2[C@H](O)[C@@H](OS(=O)(=O)O)O[C@@H](O[C@H]3[C@H](O)[C@@H](O[C@@H]4OC[C@@H](O)[C@H](O)[C@H]4O)[C@H](O[C@H]4[C@H](O[C@H]5CC[C@]6(C)C7CC[C@]8(C)[C@@H](C(C)=O)CC[C@@]8(C)C7=CCC6C5(C)C)OC[C@@H](OS(=O)(=O)O)[C@@H]4O)O[C@@H]3C)[C@@H]2O)O[C@H](COS(=O)(=O)O)[C@H]1O. The number of carbonyl (C=O) groups excluding carboxylic acids is 1. The zero-order valence-electron chi connectivity index (χ0n) is 49.4. The van der Waals surface area contributed by atoms with Gasteiger partial charge >= 0.3 is 31.2 Å². The van der Waals surface area contributed by atoms with Gasteiger partial charge in [0.25, 0.3) is 0 Å². The van der Waals surface area contributed by atoms with Crippen LogP contribution in [0.3, 0.4) is 0 Å². The second-order valence-corrected chi connectivity index (χ2v) is 29.1. The summed E-state index contributed by atoms with van der Waals surface area (Å²) in [5.74, 6) is 0.356. The molecule has 0 bridgehead atoms. The smallest absolute Gasteiger partial charge is 0.388 e. The van der Waals surface area contributed by atoms with E-state index in [0.717, 1.165) is 32.8 Å². The quantitative estimate of drug-likeness (QED) is 0.0455. The average Bonchev–Trinajstić information content (AvgIpc) is 1.63. The Bertz CT molecular complexity index is 2850. The number of ketones is 1. The van der Waals surface area contributed by atoms with Crippen molar-refractivity contribution in [1.82, 2.24) is 0 Å². The Balaban J connectivity index is 0.995. The number of aliphatic hydroxyl groups excluding tert-OH is 9. The van der Waals surface area contributed by atoms with Crippen LogP contribution in [0.1, 0.15) is 93.4 Å². The highest BCUT2D eigenvalue weighted by Crippen LogP contribution is 2.73. The largest absolute Gasteiger partial charge is 0.399 e. The van der Waals surface area contributed by atoms with Crippen LogP contribution in [0.2, 0.25) is 0 Å². The summed E-state index contributed by atoms with van der Waals surface area (Å²) in [6, 6.07) is 0. The van der Waals surface area contributed by atoms with E-state index < -0.39 is 204 Å². The van der Waals surface area contributed by atoms with Crippen LogP contribution >= 0.6 is 0 Å². The fourth-order valence-corrected chi connectivity index (χ4v) is 17.0. The van der Waals surface area contributed by atoms with Crippen molar-refractivity contribution < 1.29 is 154 Å². The second-order valence-electron chi connectivity index (χ2n) is 25.9. The maximum atomic E-state index is 13.0. The van der Waals surface area contributed by atoms with Crippen LogP contribution in [0.15, 0.2) is 11.6 Å². The molecular weight excluding hydrogens is 1250 g/mol. The lowest BCUT2D eigenvalue weighted by Gasteiger charge is -2.64. The third-order valence-corrected chi connectivity index (χ3v) is 22.0. The highest BCUT2D eigenvalue weighted by Gasteiger charge is 2.67. The van der Waals surface area contributed by atoms with E-state index in [1.807, 2.05) is 0 Å². The molecule has 36 heteroatoms. The van der Waals surface area contributed by atoms with Crippen LogP contribution in [-0.4, -0.2) is 265 Å². The minimum Gasteiger partial charge on any atom is -0.388 e. The summed E-state index contributed by atoms with van der Waals surface area (Å²) in [6.45, 7) is 11.4. The number of rotatable bonds is 19. The number of aliphatic hydroxyl groups is 9. The van der Waals surface area contributed by atoms with Crippen LogP contribution in [0.4, 0.5) is 0 Å². The molecule has 88 heavy (non-hydrogen) atoms. The predicted octanol–water partition coefficient (Wildman–Crippen LogP) is -2.94. The van der Waals surface area contributed by atoms with Crippen LogP contribution in [-0.2, 0) is 101 Å². The molecule has 9 rings (SSSR count). The van der Waals surface area contributed by atoms with Gasteiger partial charge in [0, 0.05) is 13.0 Å². The van der Waals surface area contributed by atoms with Gasteiger partial charge in [0.05, 0.1) is 32.0 Å². The average molecular weight is 1330 g/mol. The van der Waals surface area contributed by atoms with Crippen LogP contribution in [0.25, 0.3) is 0 Å². The normalized spacial score (nSPS) is 49.2. The molecule has 5 heterocycles. The number of hydrogen-bond donors (Lipinski definition) is 12. The molecule has 5 saturated heterocycles. The zero-order valence-corrected chi connectivity index (χ0v) is 51.9. The Hall–Kier alpha value is -1.78. The summed E-state index contributed by atoms with van der Waals surface area (Å²) < 4.78 is 179. The summed E-state index contributed by atoms with van der Waals surface area (Å²) in [5, 5.41) is 102. The third kappa shape index (κ3) is 13.7. The first-order valence-electron chi connectivity index (χ1n) is 29.0. The van der Waals surface area contributed by atoms with E-state index in [1.54, 1.807) is 6.92 Å². The van der Waals surface area contributed by atoms with Crippen molar-refractivity contribution >= 4 is 37.0 Å². The molecular formula is C52H84O33S3. The van der Waals surface area contributed by atoms with E-state index in [1.165, 1.54) is 12.5 Å². The van der Waals surface area contributed by atoms with E-state index in [4.69, 9.17) is 56.3 Å². The lowest BCUT2D eigenvalue weighted by atomic mass is 9.41. The molecule has 508 valence electrons. The fraction of sp³-hybridized carbons (Fsp3) is 0.942. The molecule has 3 saturated carbocycles. The maximum absolute atomic E-state index is 13.0. The van der Waals surface area contributed by atoms with Gasteiger partial charge in [-0.15, -0.1) is 0 Å². The van der Waals surface area contributed by atoms with Gasteiger partial charge < -0.3 is 98.1 Å². The minimum atomic E-state index is -5.60. The van der Waals surface area contributed by atoms with Crippen LogP contribution in [0, 0.1) is 39.4 Å². The Kier molecular flexibility index (Phi) is 20.9. The van der Waals surface area contributed by atoms with Gasteiger partial charge in [-0.2, -0.15) is 25.3 Å². The van der Waals surface area contributed by atoms with E-state index >= 15 is 0 Å². The molecule has 0 aromatic heterocycles. The van der Waals surface area contributed by atoms with Gasteiger partial charge in [-0.25, -0.2) is 12.5 Å². The summed E-state index contributed by atoms with van der Waals surface area (Å²) >= 11 is 0. The van der Waals surface area contributed by atoms with Crippen LogP contribution in [0.5, 0.6) is 0 Å². The van der Waals surface area contributed by atoms with Crippen molar-refractivity contribution in [2.24, 2.45) is 39.4 Å². The monoisotopic (exact) mass is 1330 g/mol.